The molecule has 3 aromatic rings. The molecule has 2 aromatic heterocycles. The van der Waals surface area contributed by atoms with E-state index < -0.39 is 0 Å². The summed E-state index contributed by atoms with van der Waals surface area (Å²) in [6.45, 7) is 1.37. The van der Waals surface area contributed by atoms with E-state index in [0.717, 1.165) is 11.0 Å². The van der Waals surface area contributed by atoms with Crippen LogP contribution in [0.25, 0.3) is 21.9 Å². The molecule has 2 heterocycles. The van der Waals surface area contributed by atoms with Gasteiger partial charge >= 0.3 is 101 Å². The van der Waals surface area contributed by atoms with Gasteiger partial charge in [-0.25, -0.2) is 0 Å². The van der Waals surface area contributed by atoms with Crippen LogP contribution in [0.5, 0.6) is 0 Å². The first-order valence-electron chi connectivity index (χ1n) is 4.95. The number of pyridine rings is 1. The van der Waals surface area contributed by atoms with Gasteiger partial charge in [-0.2, -0.15) is 0 Å². The van der Waals surface area contributed by atoms with Gasteiger partial charge in [0.05, 0.1) is 0 Å². The first-order valence-corrected chi connectivity index (χ1v) is 6.57. The summed E-state index contributed by atoms with van der Waals surface area (Å²) in [5.74, 6) is -0.260. The second-order valence-corrected chi connectivity index (χ2v) is 4.89. The average molecular weight is 292 g/mol. The topological polar surface area (TPSA) is 75.7 Å². The molecule has 84 valence electrons. The number of aromatic nitrogens is 3. The Morgan fingerprint density at radius 1 is 1.35 bits per heavy atom. The molecule has 0 radical (unpaired) electrons. The summed E-state index contributed by atoms with van der Waals surface area (Å²) in [5, 5.41) is 0.458. The predicted molar refractivity (Wildman–Crippen MR) is 64.6 cm³/mol. The summed E-state index contributed by atoms with van der Waals surface area (Å²) in [6.07, 6.45) is 1.34. The molecule has 0 saturated carbocycles. The molecule has 0 spiro atoms. The monoisotopic (exact) mass is 293 g/mol. The van der Waals surface area contributed by atoms with E-state index in [1.807, 2.05) is 6.07 Å². The summed E-state index contributed by atoms with van der Waals surface area (Å²) in [6, 6.07) is 3.50. The Labute approximate surface area is 102 Å². The van der Waals surface area contributed by atoms with Crippen molar-refractivity contribution in [3.63, 3.8) is 0 Å². The van der Waals surface area contributed by atoms with Crippen molar-refractivity contribution in [2.45, 2.75) is 6.92 Å². The van der Waals surface area contributed by atoms with Crippen LogP contribution in [0, 0.1) is 0 Å². The van der Waals surface area contributed by atoms with Crippen molar-refractivity contribution >= 4 is 42.7 Å². The number of nitrogens with one attached hydrogen (secondary N) is 1. The van der Waals surface area contributed by atoms with Gasteiger partial charge in [-0.3, -0.25) is 0 Å². The number of carbonyl (C=O) groups excluding carboxylic acids is 1. The molecular weight excluding hydrogens is 285 g/mol. The minimum atomic E-state index is -0.264. The fourth-order valence-electron chi connectivity index (χ4n) is 1.77. The van der Waals surface area contributed by atoms with Crippen LogP contribution >= 0.6 is 0 Å². The molecule has 3 rings (SSSR count). The zero-order chi connectivity index (χ0) is 12.0. The normalized spacial score (nSPS) is 11.1. The number of nitrogens with zero attached hydrogens (tertiary/aromatic N) is 2. The van der Waals surface area contributed by atoms with Crippen molar-refractivity contribution in [1.29, 1.82) is 0 Å². The molecule has 0 aliphatic heterocycles. The second-order valence-electron chi connectivity index (χ2n) is 3.70. The number of hydrogen-bond donors (Lipinski definition) is 1. The van der Waals surface area contributed by atoms with Crippen LogP contribution in [0.1, 0.15) is 17.3 Å². The van der Waals surface area contributed by atoms with Crippen LogP contribution < -0.4 is 5.43 Å². The number of carbonyl (C=O) groups is 1. The van der Waals surface area contributed by atoms with Gasteiger partial charge in [-0.05, 0) is 0 Å². The van der Waals surface area contributed by atoms with E-state index in [1.165, 1.54) is 13.1 Å². The standard InChI is InChI=1S/C11H7N3O2Se/c1-5(15)7-4-12-9-6(11(7)16)2-3-8-10(9)14-17-13-8/h2-4,13H,1H3. The summed E-state index contributed by atoms with van der Waals surface area (Å²) < 4.78 is 7.44. The van der Waals surface area contributed by atoms with E-state index in [4.69, 9.17) is 0 Å². The average Bonchev–Trinajstić information content (AvgIpc) is 2.77. The molecular formula is C11H7N3O2Se. The molecule has 0 bridgehead atoms. The molecule has 0 saturated heterocycles. The Hall–Kier alpha value is -1.78. The molecule has 0 amide bonds. The number of aromatic amines is 1. The molecule has 0 fully saturated rings. The molecule has 17 heavy (non-hydrogen) atoms. The maximum absolute atomic E-state index is 12.1. The molecule has 1 aromatic carbocycles. The van der Waals surface area contributed by atoms with Crippen molar-refractivity contribution in [2.75, 3.05) is 0 Å². The Bertz CT molecular complexity index is 803. The third-order valence-corrected chi connectivity index (χ3v) is 3.86. The minimum absolute atomic E-state index is 0.0272. The second kappa shape index (κ2) is 3.61. The van der Waals surface area contributed by atoms with E-state index >= 15 is 0 Å². The number of Topliss-reactive ketones (excluding diaryl/α,β-unsaturated/α-hetero) is 1. The Morgan fingerprint density at radius 3 is 2.94 bits per heavy atom. The molecule has 0 unspecified atom stereocenters. The zero-order valence-electron chi connectivity index (χ0n) is 8.85. The third kappa shape index (κ3) is 1.45. The van der Waals surface area contributed by atoms with Crippen LogP contribution in [0.3, 0.4) is 0 Å². The first kappa shape index (κ1) is 10.4. The Morgan fingerprint density at radius 2 is 2.18 bits per heavy atom. The number of rotatable bonds is 1. The van der Waals surface area contributed by atoms with Crippen LogP contribution in [0.2, 0.25) is 0 Å². The number of benzene rings is 1. The molecule has 0 aliphatic rings. The van der Waals surface area contributed by atoms with Gasteiger partial charge < -0.3 is 0 Å². The zero-order valence-corrected chi connectivity index (χ0v) is 10.6. The van der Waals surface area contributed by atoms with Gasteiger partial charge in [0.2, 0.25) is 0 Å². The summed E-state index contributed by atoms with van der Waals surface area (Å²) in [5.41, 5.74) is 2.08. The Kier molecular flexibility index (Phi) is 2.21. The molecule has 1 N–H and O–H groups in total. The van der Waals surface area contributed by atoms with Crippen molar-refractivity contribution in [1.82, 2.24) is 12.9 Å². The SMILES string of the molecule is CC(=O)c1cnc2c(ccc3[nH][se]nc32)c1=O. The molecule has 0 atom stereocenters. The van der Waals surface area contributed by atoms with E-state index in [9.17, 15) is 9.59 Å². The molecule has 5 nitrogen and oxygen atoms in total. The van der Waals surface area contributed by atoms with Crippen molar-refractivity contribution in [2.24, 2.45) is 0 Å². The summed E-state index contributed by atoms with van der Waals surface area (Å²) >= 11 is -0.0272. The van der Waals surface area contributed by atoms with Crippen molar-refractivity contribution < 1.29 is 4.79 Å². The summed E-state index contributed by atoms with van der Waals surface area (Å²) in [4.78, 5) is 27.5. The summed E-state index contributed by atoms with van der Waals surface area (Å²) in [7, 11) is 0. The number of ketones is 1. The van der Waals surface area contributed by atoms with Crippen LogP contribution in [-0.4, -0.2) is 33.7 Å². The number of fused-ring (bicyclic) bond motifs is 3. The van der Waals surface area contributed by atoms with Crippen LogP contribution in [0.15, 0.2) is 23.1 Å². The van der Waals surface area contributed by atoms with Crippen molar-refractivity contribution in [3.8, 4) is 0 Å². The van der Waals surface area contributed by atoms with Gasteiger partial charge in [0.25, 0.3) is 0 Å². The fourth-order valence-corrected chi connectivity index (χ4v) is 3.00. The van der Waals surface area contributed by atoms with E-state index in [0.29, 0.717) is 10.9 Å². The molecule has 6 heteroatoms. The van der Waals surface area contributed by atoms with Gasteiger partial charge in [-0.15, -0.1) is 0 Å². The van der Waals surface area contributed by atoms with Gasteiger partial charge in [0.1, 0.15) is 0 Å². The van der Waals surface area contributed by atoms with Crippen LogP contribution in [-0.2, 0) is 0 Å². The van der Waals surface area contributed by atoms with E-state index in [-0.39, 0.29) is 31.7 Å². The van der Waals surface area contributed by atoms with E-state index in [1.54, 1.807) is 6.07 Å². The first-order chi connectivity index (χ1) is 8.18. The third-order valence-electron chi connectivity index (χ3n) is 2.64. The van der Waals surface area contributed by atoms with Gasteiger partial charge in [0, 0.05) is 0 Å². The fraction of sp³-hybridized carbons (Fsp3) is 0.0909. The van der Waals surface area contributed by atoms with Crippen LogP contribution in [0.4, 0.5) is 0 Å². The van der Waals surface area contributed by atoms with E-state index in [2.05, 4.69) is 12.9 Å². The van der Waals surface area contributed by atoms with Crippen molar-refractivity contribution in [3.05, 3.63) is 34.1 Å². The quantitative estimate of drug-likeness (QED) is 0.530. The molecule has 0 aliphatic carbocycles. The predicted octanol–water partition coefficient (Wildman–Crippen LogP) is 0.731. The number of H-pyrrole nitrogens is 1. The van der Waals surface area contributed by atoms with Gasteiger partial charge in [-0.1, -0.05) is 0 Å². The maximum atomic E-state index is 12.1. The van der Waals surface area contributed by atoms with Gasteiger partial charge in [0.15, 0.2) is 0 Å². The number of hydrogen-bond acceptors (Lipinski definition) is 4. The Balaban J connectivity index is 2.53.